The van der Waals surface area contributed by atoms with E-state index in [-0.39, 0.29) is 11.0 Å². The maximum Gasteiger partial charge on any atom is 0.245 e. The van der Waals surface area contributed by atoms with Crippen molar-refractivity contribution < 1.29 is 9.59 Å². The molecule has 1 amide bonds. The number of thioether (sulfide) groups is 1. The number of carbonyl (C=O) groups excluding carboxylic acids is 2. The Hall–Kier alpha value is -2.89. The Morgan fingerprint density at radius 2 is 1.21 bits per heavy atom. The summed E-state index contributed by atoms with van der Waals surface area (Å²) in [7, 11) is 0. The standard InChI is InChI=1S/C24H22N2O2S/c1-17(27)29-23-21(22(28)26(23)25)24(18-11-5-2-6-12-18,19-13-7-3-8-14-19)20-15-9-4-10-16-20/h2-16,21,23H,25H2,1H3/t21-,23-/m1/s1. The summed E-state index contributed by atoms with van der Waals surface area (Å²) in [6.07, 6.45) is 0. The highest BCUT2D eigenvalue weighted by atomic mass is 32.2. The van der Waals surface area contributed by atoms with Gasteiger partial charge in [-0.15, -0.1) is 0 Å². The zero-order valence-electron chi connectivity index (χ0n) is 16.1. The van der Waals surface area contributed by atoms with Gasteiger partial charge in [0.2, 0.25) is 5.91 Å². The van der Waals surface area contributed by atoms with Crippen molar-refractivity contribution in [2.75, 3.05) is 0 Å². The molecule has 4 rings (SSSR count). The van der Waals surface area contributed by atoms with Crippen LogP contribution in [0.2, 0.25) is 0 Å². The molecular formula is C24H22N2O2S. The lowest BCUT2D eigenvalue weighted by atomic mass is 9.59. The van der Waals surface area contributed by atoms with E-state index in [0.717, 1.165) is 28.5 Å². The van der Waals surface area contributed by atoms with Gasteiger partial charge in [0.1, 0.15) is 5.37 Å². The molecule has 1 aliphatic heterocycles. The molecule has 0 saturated carbocycles. The predicted octanol–water partition coefficient (Wildman–Crippen LogP) is 3.96. The van der Waals surface area contributed by atoms with Crippen molar-refractivity contribution in [1.29, 1.82) is 0 Å². The minimum Gasteiger partial charge on any atom is -0.287 e. The number of nitrogens with zero attached hydrogens (tertiary/aromatic N) is 1. The van der Waals surface area contributed by atoms with Gasteiger partial charge in [-0.3, -0.25) is 14.6 Å². The number of benzene rings is 3. The highest BCUT2D eigenvalue weighted by Crippen LogP contribution is 2.53. The molecule has 3 aromatic rings. The van der Waals surface area contributed by atoms with Crippen molar-refractivity contribution in [3.63, 3.8) is 0 Å². The Kier molecular flexibility index (Phi) is 5.26. The summed E-state index contributed by atoms with van der Waals surface area (Å²) in [6, 6.07) is 30.0. The second-order valence-electron chi connectivity index (χ2n) is 7.13. The average Bonchev–Trinajstić information content (AvgIpc) is 2.77. The molecule has 0 spiro atoms. The van der Waals surface area contributed by atoms with Gasteiger partial charge in [-0.25, -0.2) is 5.84 Å². The Morgan fingerprint density at radius 1 is 0.828 bits per heavy atom. The topological polar surface area (TPSA) is 63.4 Å². The van der Waals surface area contributed by atoms with E-state index in [1.165, 1.54) is 11.9 Å². The van der Waals surface area contributed by atoms with Crippen LogP contribution in [0.1, 0.15) is 23.6 Å². The van der Waals surface area contributed by atoms with Crippen LogP contribution in [0, 0.1) is 5.92 Å². The molecule has 4 nitrogen and oxygen atoms in total. The maximum atomic E-state index is 13.2. The SMILES string of the molecule is CC(=O)S[C@@H]1[C@H](C(c2ccccc2)(c2ccccc2)c2ccccc2)C(=O)N1N. The lowest BCUT2D eigenvalue weighted by molar-refractivity contribution is -0.153. The first-order valence-corrected chi connectivity index (χ1v) is 10.4. The zero-order chi connectivity index (χ0) is 20.4. The number of carbonyl (C=O) groups is 2. The third-order valence-corrected chi connectivity index (χ3v) is 6.59. The van der Waals surface area contributed by atoms with Gasteiger partial charge in [0.25, 0.3) is 0 Å². The fraction of sp³-hybridized carbons (Fsp3) is 0.167. The second kappa shape index (κ2) is 7.85. The van der Waals surface area contributed by atoms with Crippen LogP contribution in [0.15, 0.2) is 91.0 Å². The van der Waals surface area contributed by atoms with Gasteiger partial charge in [0.15, 0.2) is 5.12 Å². The van der Waals surface area contributed by atoms with Gasteiger partial charge in [0.05, 0.1) is 11.3 Å². The van der Waals surface area contributed by atoms with E-state index >= 15 is 0 Å². The van der Waals surface area contributed by atoms with Crippen LogP contribution in [0.4, 0.5) is 0 Å². The highest BCUT2D eigenvalue weighted by molar-refractivity contribution is 8.14. The fourth-order valence-electron chi connectivity index (χ4n) is 4.32. The summed E-state index contributed by atoms with van der Waals surface area (Å²) in [5, 5.41) is 0.687. The number of hydrazine groups is 1. The van der Waals surface area contributed by atoms with Crippen LogP contribution < -0.4 is 5.84 Å². The normalized spacial score (nSPS) is 19.0. The Bertz CT molecular complexity index is 912. The smallest absolute Gasteiger partial charge is 0.245 e. The Labute approximate surface area is 174 Å². The van der Waals surface area contributed by atoms with Crippen molar-refractivity contribution in [1.82, 2.24) is 5.01 Å². The first kappa shape index (κ1) is 19.4. The third kappa shape index (κ3) is 3.16. The van der Waals surface area contributed by atoms with Crippen LogP contribution in [0.5, 0.6) is 0 Å². The van der Waals surface area contributed by atoms with Crippen molar-refractivity contribution in [2.45, 2.75) is 17.7 Å². The van der Waals surface area contributed by atoms with Gasteiger partial charge in [0, 0.05) is 6.92 Å². The van der Waals surface area contributed by atoms with E-state index < -0.39 is 16.7 Å². The number of amides is 1. The molecule has 146 valence electrons. The Balaban J connectivity index is 2.03. The predicted molar refractivity (Wildman–Crippen MR) is 116 cm³/mol. The fourth-order valence-corrected chi connectivity index (χ4v) is 5.34. The first-order chi connectivity index (χ1) is 14.1. The first-order valence-electron chi connectivity index (χ1n) is 9.48. The highest BCUT2D eigenvalue weighted by Gasteiger charge is 2.60. The maximum absolute atomic E-state index is 13.2. The number of β-lactam (4-membered cyclic amide) rings is 1. The van der Waals surface area contributed by atoms with Crippen molar-refractivity contribution >= 4 is 22.8 Å². The molecule has 3 aromatic carbocycles. The molecule has 1 aliphatic rings. The van der Waals surface area contributed by atoms with Gasteiger partial charge in [-0.05, 0) is 16.7 Å². The number of hydrogen-bond donors (Lipinski definition) is 1. The molecule has 1 heterocycles. The van der Waals surface area contributed by atoms with Crippen molar-refractivity contribution in [2.24, 2.45) is 11.8 Å². The lowest BCUT2D eigenvalue weighted by Gasteiger charge is -2.53. The molecule has 0 radical (unpaired) electrons. The molecule has 2 N–H and O–H groups in total. The second-order valence-corrected chi connectivity index (χ2v) is 8.42. The molecule has 1 fully saturated rings. The molecule has 0 aromatic heterocycles. The quantitative estimate of drug-likeness (QED) is 0.304. The average molecular weight is 403 g/mol. The number of rotatable bonds is 5. The van der Waals surface area contributed by atoms with Crippen LogP contribution >= 0.6 is 11.8 Å². The molecule has 2 atom stereocenters. The van der Waals surface area contributed by atoms with E-state index in [1.807, 2.05) is 91.0 Å². The van der Waals surface area contributed by atoms with Crippen molar-refractivity contribution in [3.05, 3.63) is 108 Å². The zero-order valence-corrected chi connectivity index (χ0v) is 16.9. The minimum absolute atomic E-state index is 0.0639. The molecule has 29 heavy (non-hydrogen) atoms. The van der Waals surface area contributed by atoms with E-state index in [0.29, 0.717) is 0 Å². The van der Waals surface area contributed by atoms with Crippen LogP contribution in [-0.4, -0.2) is 21.4 Å². The molecule has 0 aliphatic carbocycles. The lowest BCUT2D eigenvalue weighted by Crippen LogP contribution is -2.69. The van der Waals surface area contributed by atoms with Gasteiger partial charge >= 0.3 is 0 Å². The van der Waals surface area contributed by atoms with Crippen LogP contribution in [0.3, 0.4) is 0 Å². The number of nitrogens with two attached hydrogens (primary N) is 1. The van der Waals surface area contributed by atoms with E-state index in [4.69, 9.17) is 5.84 Å². The summed E-state index contributed by atoms with van der Waals surface area (Å²) in [4.78, 5) is 25.1. The van der Waals surface area contributed by atoms with Crippen molar-refractivity contribution in [3.8, 4) is 0 Å². The van der Waals surface area contributed by atoms with Crippen LogP contribution in [0.25, 0.3) is 0 Å². The van der Waals surface area contributed by atoms with Crippen LogP contribution in [-0.2, 0) is 15.0 Å². The van der Waals surface area contributed by atoms with E-state index in [2.05, 4.69) is 0 Å². The summed E-state index contributed by atoms with van der Waals surface area (Å²) in [6.45, 7) is 1.51. The summed E-state index contributed by atoms with van der Waals surface area (Å²) >= 11 is 1.11. The van der Waals surface area contributed by atoms with E-state index in [1.54, 1.807) is 0 Å². The van der Waals surface area contributed by atoms with Gasteiger partial charge in [-0.2, -0.15) is 0 Å². The summed E-state index contributed by atoms with van der Waals surface area (Å²) in [5.41, 5.74) is 2.23. The largest absolute Gasteiger partial charge is 0.287 e. The minimum atomic E-state index is -0.760. The summed E-state index contributed by atoms with van der Waals surface area (Å²) < 4.78 is 0. The molecule has 1 saturated heterocycles. The van der Waals surface area contributed by atoms with Gasteiger partial charge < -0.3 is 0 Å². The third-order valence-electron chi connectivity index (χ3n) is 5.52. The Morgan fingerprint density at radius 3 is 1.55 bits per heavy atom. The molecular weight excluding hydrogens is 380 g/mol. The number of hydrogen-bond acceptors (Lipinski definition) is 4. The summed E-state index contributed by atoms with van der Waals surface area (Å²) in [5.74, 6) is 5.37. The molecule has 5 heteroatoms. The monoisotopic (exact) mass is 402 g/mol. The molecule has 0 unspecified atom stereocenters. The van der Waals surface area contributed by atoms with Gasteiger partial charge in [-0.1, -0.05) is 103 Å². The van der Waals surface area contributed by atoms with E-state index in [9.17, 15) is 9.59 Å². The molecule has 0 bridgehead atoms.